The molecule has 0 aromatic rings. The number of fused-ring (bicyclic) bond motifs is 2. The van der Waals surface area contributed by atoms with E-state index in [1.807, 2.05) is 0 Å². The van der Waals surface area contributed by atoms with E-state index in [0.717, 1.165) is 6.42 Å². The first kappa shape index (κ1) is 8.90. The van der Waals surface area contributed by atoms with Gasteiger partial charge in [-0.2, -0.15) is 0 Å². The highest BCUT2D eigenvalue weighted by Gasteiger charge is 2.25. The lowest BCUT2D eigenvalue weighted by Crippen LogP contribution is -2.14. The summed E-state index contributed by atoms with van der Waals surface area (Å²) >= 11 is 0. The van der Waals surface area contributed by atoms with Gasteiger partial charge in [0.05, 0.1) is 6.04 Å². The maximum Gasteiger partial charge on any atom is 0.0743 e. The Morgan fingerprint density at radius 3 is 3.07 bits per heavy atom. The maximum absolute atomic E-state index is 4.70. The van der Waals surface area contributed by atoms with Crippen molar-refractivity contribution in [3.63, 3.8) is 0 Å². The first-order chi connectivity index (χ1) is 7.43. The van der Waals surface area contributed by atoms with Crippen LogP contribution in [-0.4, -0.2) is 12.3 Å². The molecule has 1 heteroatoms. The van der Waals surface area contributed by atoms with E-state index in [2.05, 4.69) is 48.7 Å². The van der Waals surface area contributed by atoms with Gasteiger partial charge in [-0.1, -0.05) is 42.5 Å². The monoisotopic (exact) mass is 197 g/mol. The zero-order chi connectivity index (χ0) is 10.1. The summed E-state index contributed by atoms with van der Waals surface area (Å²) in [7, 11) is 0. The fourth-order valence-corrected chi connectivity index (χ4v) is 2.53. The van der Waals surface area contributed by atoms with Gasteiger partial charge in [-0.05, 0) is 24.3 Å². The molecule has 0 aromatic heterocycles. The predicted octanol–water partition coefficient (Wildman–Crippen LogP) is 3.07. The lowest BCUT2D eigenvalue weighted by atomic mass is 9.83. The van der Waals surface area contributed by atoms with Crippen molar-refractivity contribution in [3.05, 3.63) is 48.1 Å². The van der Waals surface area contributed by atoms with Gasteiger partial charge >= 0.3 is 0 Å². The molecule has 0 saturated heterocycles. The standard InChI is InChI=1S/C14H15N/c1-2-7-13-10-15-14-8-4-3-6-12(14)9-11(13)5-1/h1-7,10-11,13-14H,8-9H2. The Bertz CT molecular complexity index is 396. The Balaban J connectivity index is 1.93. The van der Waals surface area contributed by atoms with Gasteiger partial charge in [-0.25, -0.2) is 0 Å². The smallest absolute Gasteiger partial charge is 0.0743 e. The molecule has 76 valence electrons. The van der Waals surface area contributed by atoms with Crippen LogP contribution in [-0.2, 0) is 0 Å². The minimum atomic E-state index is 0.419. The van der Waals surface area contributed by atoms with E-state index in [1.165, 1.54) is 12.0 Å². The maximum atomic E-state index is 4.70. The largest absolute Gasteiger partial charge is 0.289 e. The third-order valence-electron chi connectivity index (χ3n) is 3.44. The highest BCUT2D eigenvalue weighted by Crippen LogP contribution is 2.32. The van der Waals surface area contributed by atoms with Crippen molar-refractivity contribution in [2.45, 2.75) is 18.9 Å². The third kappa shape index (κ3) is 1.63. The van der Waals surface area contributed by atoms with Crippen LogP contribution in [0.4, 0.5) is 0 Å². The molecular weight excluding hydrogens is 182 g/mol. The van der Waals surface area contributed by atoms with Crippen molar-refractivity contribution in [2.75, 3.05) is 0 Å². The summed E-state index contributed by atoms with van der Waals surface area (Å²) in [5.74, 6) is 1.14. The Kier molecular flexibility index (Phi) is 2.17. The van der Waals surface area contributed by atoms with Gasteiger partial charge in [0.15, 0.2) is 0 Å². The average molecular weight is 197 g/mol. The SMILES string of the molecule is C1=CCC2N=CC3C=CC=CC3CC2=C1. The first-order valence-corrected chi connectivity index (χ1v) is 5.67. The molecule has 0 N–H and O–H groups in total. The van der Waals surface area contributed by atoms with Crippen LogP contribution in [0.5, 0.6) is 0 Å². The Morgan fingerprint density at radius 2 is 2.07 bits per heavy atom. The van der Waals surface area contributed by atoms with Gasteiger partial charge in [0.2, 0.25) is 0 Å². The number of nitrogens with zero attached hydrogens (tertiary/aromatic N) is 1. The van der Waals surface area contributed by atoms with E-state index >= 15 is 0 Å². The highest BCUT2D eigenvalue weighted by molar-refractivity contribution is 5.66. The molecule has 15 heavy (non-hydrogen) atoms. The van der Waals surface area contributed by atoms with E-state index in [0.29, 0.717) is 17.9 Å². The van der Waals surface area contributed by atoms with E-state index in [4.69, 9.17) is 4.99 Å². The predicted molar refractivity (Wildman–Crippen MR) is 64.0 cm³/mol. The van der Waals surface area contributed by atoms with Crippen molar-refractivity contribution in [1.29, 1.82) is 0 Å². The van der Waals surface area contributed by atoms with Crippen LogP contribution in [0.1, 0.15) is 12.8 Å². The molecule has 3 unspecified atom stereocenters. The molecule has 0 saturated carbocycles. The van der Waals surface area contributed by atoms with Gasteiger partial charge in [-0.15, -0.1) is 0 Å². The molecule has 0 bridgehead atoms. The molecule has 0 spiro atoms. The van der Waals surface area contributed by atoms with Crippen LogP contribution in [0.25, 0.3) is 0 Å². The second-order valence-corrected chi connectivity index (χ2v) is 4.43. The molecule has 0 radical (unpaired) electrons. The van der Waals surface area contributed by atoms with Crippen molar-refractivity contribution in [3.8, 4) is 0 Å². The third-order valence-corrected chi connectivity index (χ3v) is 3.44. The molecule has 0 amide bonds. The first-order valence-electron chi connectivity index (χ1n) is 5.67. The summed E-state index contributed by atoms with van der Waals surface area (Å²) in [5, 5.41) is 0. The number of allylic oxidation sites excluding steroid dienone is 6. The molecule has 3 atom stereocenters. The van der Waals surface area contributed by atoms with Crippen molar-refractivity contribution >= 4 is 6.21 Å². The van der Waals surface area contributed by atoms with Gasteiger partial charge in [0.1, 0.15) is 0 Å². The molecule has 3 aliphatic rings. The van der Waals surface area contributed by atoms with Gasteiger partial charge in [0, 0.05) is 12.1 Å². The second kappa shape index (κ2) is 3.65. The quantitative estimate of drug-likeness (QED) is 0.566. The van der Waals surface area contributed by atoms with Crippen LogP contribution in [0.15, 0.2) is 53.1 Å². The van der Waals surface area contributed by atoms with Crippen molar-refractivity contribution in [2.24, 2.45) is 16.8 Å². The summed E-state index contributed by atoms with van der Waals surface area (Å²) in [6.45, 7) is 0. The molecule has 1 heterocycles. The van der Waals surface area contributed by atoms with E-state index in [1.54, 1.807) is 0 Å². The van der Waals surface area contributed by atoms with Crippen LogP contribution >= 0.6 is 0 Å². The fraction of sp³-hybridized carbons (Fsp3) is 0.357. The summed E-state index contributed by atoms with van der Waals surface area (Å²) in [6, 6.07) is 0.419. The minimum Gasteiger partial charge on any atom is -0.289 e. The van der Waals surface area contributed by atoms with Crippen molar-refractivity contribution < 1.29 is 0 Å². The molecular formula is C14H15N. The van der Waals surface area contributed by atoms with Crippen LogP contribution < -0.4 is 0 Å². The molecule has 0 fully saturated rings. The summed E-state index contributed by atoms with van der Waals surface area (Å²) in [4.78, 5) is 4.70. The molecule has 1 aliphatic heterocycles. The lowest BCUT2D eigenvalue weighted by Gasteiger charge is -2.21. The fourth-order valence-electron chi connectivity index (χ4n) is 2.53. The van der Waals surface area contributed by atoms with Gasteiger partial charge in [0.25, 0.3) is 0 Å². The number of aliphatic imine (C=N–C) groups is 1. The highest BCUT2D eigenvalue weighted by atomic mass is 14.8. The Hall–Kier alpha value is -1.37. The lowest BCUT2D eigenvalue weighted by molar-refractivity contribution is 0.571. The van der Waals surface area contributed by atoms with Gasteiger partial charge in [-0.3, -0.25) is 4.99 Å². The Labute approximate surface area is 90.6 Å². The summed E-state index contributed by atoms with van der Waals surface area (Å²) < 4.78 is 0. The minimum absolute atomic E-state index is 0.419. The normalized spacial score (nSPS) is 36.8. The topological polar surface area (TPSA) is 12.4 Å². The van der Waals surface area contributed by atoms with Gasteiger partial charge < -0.3 is 0 Å². The average Bonchev–Trinajstić information content (AvgIpc) is 2.48. The molecule has 2 aliphatic carbocycles. The van der Waals surface area contributed by atoms with E-state index in [-0.39, 0.29) is 0 Å². The zero-order valence-corrected chi connectivity index (χ0v) is 8.71. The molecule has 0 aromatic carbocycles. The zero-order valence-electron chi connectivity index (χ0n) is 8.71. The molecule has 3 rings (SSSR count). The van der Waals surface area contributed by atoms with Crippen LogP contribution in [0, 0.1) is 11.8 Å². The van der Waals surface area contributed by atoms with Crippen LogP contribution in [0.3, 0.4) is 0 Å². The van der Waals surface area contributed by atoms with Crippen molar-refractivity contribution in [1.82, 2.24) is 0 Å². The molecule has 1 nitrogen and oxygen atoms in total. The van der Waals surface area contributed by atoms with Crippen LogP contribution in [0.2, 0.25) is 0 Å². The Morgan fingerprint density at radius 1 is 1.13 bits per heavy atom. The van der Waals surface area contributed by atoms with E-state index in [9.17, 15) is 0 Å². The number of hydrogen-bond donors (Lipinski definition) is 0. The number of rotatable bonds is 0. The van der Waals surface area contributed by atoms with E-state index < -0.39 is 0 Å². The summed E-state index contributed by atoms with van der Waals surface area (Å²) in [5.41, 5.74) is 1.50. The second-order valence-electron chi connectivity index (χ2n) is 4.43. The number of hydrogen-bond acceptors (Lipinski definition) is 1. The summed E-state index contributed by atoms with van der Waals surface area (Å²) in [6.07, 6.45) is 19.9.